The molecule has 1 fully saturated rings. The van der Waals surface area contributed by atoms with E-state index in [0.717, 1.165) is 12.8 Å². The lowest BCUT2D eigenvalue weighted by Gasteiger charge is -2.32. The van der Waals surface area contributed by atoms with Crippen LogP contribution in [-0.2, 0) is 9.47 Å². The standard InChI is InChI=1S/C10H21NO4/c11-5-1-2-6-14-10-9(13)4-3-8(7-12)15-10/h8-10,12-13H,1-7,11H2/t8?,9?,10-/m0/s1. The Morgan fingerprint density at radius 1 is 1.33 bits per heavy atom. The van der Waals surface area contributed by atoms with Crippen LogP contribution < -0.4 is 5.73 Å². The van der Waals surface area contributed by atoms with Crippen molar-refractivity contribution in [3.05, 3.63) is 0 Å². The summed E-state index contributed by atoms with van der Waals surface area (Å²) >= 11 is 0. The predicted molar refractivity (Wildman–Crippen MR) is 55.2 cm³/mol. The molecule has 0 aromatic rings. The van der Waals surface area contributed by atoms with E-state index in [0.29, 0.717) is 26.0 Å². The maximum absolute atomic E-state index is 9.58. The zero-order chi connectivity index (χ0) is 11.1. The Balaban J connectivity index is 2.19. The highest BCUT2D eigenvalue weighted by Crippen LogP contribution is 2.20. The van der Waals surface area contributed by atoms with E-state index in [1.165, 1.54) is 0 Å². The molecule has 0 aliphatic carbocycles. The third kappa shape index (κ3) is 4.44. The van der Waals surface area contributed by atoms with Crippen LogP contribution in [0.2, 0.25) is 0 Å². The number of unbranched alkanes of at least 4 members (excludes halogenated alkanes) is 1. The maximum atomic E-state index is 9.58. The molecule has 0 saturated carbocycles. The predicted octanol–water partition coefficient (Wildman–Crippen LogP) is -0.400. The van der Waals surface area contributed by atoms with Gasteiger partial charge in [-0.25, -0.2) is 0 Å². The third-order valence-corrected chi connectivity index (χ3v) is 2.51. The quantitative estimate of drug-likeness (QED) is 0.529. The lowest BCUT2D eigenvalue weighted by Crippen LogP contribution is -2.42. The van der Waals surface area contributed by atoms with Crippen LogP contribution in [0, 0.1) is 0 Å². The molecule has 4 N–H and O–H groups in total. The van der Waals surface area contributed by atoms with Crippen molar-refractivity contribution >= 4 is 0 Å². The fraction of sp³-hybridized carbons (Fsp3) is 1.00. The molecule has 0 amide bonds. The van der Waals surface area contributed by atoms with Gasteiger partial charge in [-0.15, -0.1) is 0 Å². The van der Waals surface area contributed by atoms with Gasteiger partial charge in [-0.05, 0) is 32.2 Å². The van der Waals surface area contributed by atoms with Crippen molar-refractivity contribution in [3.63, 3.8) is 0 Å². The van der Waals surface area contributed by atoms with Crippen molar-refractivity contribution in [2.24, 2.45) is 5.73 Å². The van der Waals surface area contributed by atoms with E-state index >= 15 is 0 Å². The summed E-state index contributed by atoms with van der Waals surface area (Å²) in [6, 6.07) is 0. The van der Waals surface area contributed by atoms with Crippen LogP contribution in [0.1, 0.15) is 25.7 Å². The van der Waals surface area contributed by atoms with E-state index < -0.39 is 12.4 Å². The third-order valence-electron chi connectivity index (χ3n) is 2.51. The Labute approximate surface area is 90.2 Å². The van der Waals surface area contributed by atoms with Gasteiger partial charge in [-0.2, -0.15) is 0 Å². The van der Waals surface area contributed by atoms with Gasteiger partial charge in [0.25, 0.3) is 0 Å². The van der Waals surface area contributed by atoms with Crippen molar-refractivity contribution in [1.82, 2.24) is 0 Å². The second-order valence-electron chi connectivity index (χ2n) is 3.82. The number of hydrogen-bond acceptors (Lipinski definition) is 5. The molecule has 1 saturated heterocycles. The normalized spacial score (nSPS) is 31.8. The van der Waals surface area contributed by atoms with Crippen LogP contribution in [0.4, 0.5) is 0 Å². The van der Waals surface area contributed by atoms with Gasteiger partial charge in [-0.1, -0.05) is 0 Å². The van der Waals surface area contributed by atoms with Gasteiger partial charge in [-0.3, -0.25) is 0 Å². The molecule has 15 heavy (non-hydrogen) atoms. The average molecular weight is 219 g/mol. The fourth-order valence-electron chi connectivity index (χ4n) is 1.57. The number of aliphatic hydroxyl groups excluding tert-OH is 2. The van der Waals surface area contributed by atoms with Gasteiger partial charge in [0.15, 0.2) is 6.29 Å². The number of nitrogens with two attached hydrogens (primary N) is 1. The molecule has 1 rings (SSSR count). The van der Waals surface area contributed by atoms with Crippen LogP contribution in [0.5, 0.6) is 0 Å². The number of aliphatic hydroxyl groups is 2. The Kier molecular flexibility index (Phi) is 6.12. The molecule has 1 heterocycles. The SMILES string of the molecule is NCCCCO[C@H]1OC(CO)CCC1O. The van der Waals surface area contributed by atoms with Crippen LogP contribution in [0.15, 0.2) is 0 Å². The van der Waals surface area contributed by atoms with Crippen LogP contribution >= 0.6 is 0 Å². The van der Waals surface area contributed by atoms with E-state index in [1.807, 2.05) is 0 Å². The lowest BCUT2D eigenvalue weighted by molar-refractivity contribution is -0.245. The molecule has 0 radical (unpaired) electrons. The first-order valence-corrected chi connectivity index (χ1v) is 5.54. The van der Waals surface area contributed by atoms with Gasteiger partial charge in [0.05, 0.1) is 12.7 Å². The number of ether oxygens (including phenoxy) is 2. The van der Waals surface area contributed by atoms with Gasteiger partial charge >= 0.3 is 0 Å². The number of hydrogen-bond donors (Lipinski definition) is 3. The molecule has 2 unspecified atom stereocenters. The van der Waals surface area contributed by atoms with Crippen LogP contribution in [-0.4, -0.2) is 48.5 Å². The first-order valence-electron chi connectivity index (χ1n) is 5.54. The highest BCUT2D eigenvalue weighted by atomic mass is 16.7. The highest BCUT2D eigenvalue weighted by Gasteiger charge is 2.29. The topological polar surface area (TPSA) is 84.9 Å². The highest BCUT2D eigenvalue weighted by molar-refractivity contribution is 4.72. The van der Waals surface area contributed by atoms with Gasteiger partial charge in [0.2, 0.25) is 0 Å². The summed E-state index contributed by atoms with van der Waals surface area (Å²) in [7, 11) is 0. The van der Waals surface area contributed by atoms with Crippen molar-refractivity contribution in [1.29, 1.82) is 0 Å². The van der Waals surface area contributed by atoms with E-state index in [9.17, 15) is 5.11 Å². The molecule has 5 heteroatoms. The van der Waals surface area contributed by atoms with E-state index in [2.05, 4.69) is 0 Å². The Bertz CT molecular complexity index is 168. The zero-order valence-electron chi connectivity index (χ0n) is 8.97. The first kappa shape index (κ1) is 12.9. The van der Waals surface area contributed by atoms with Crippen LogP contribution in [0.25, 0.3) is 0 Å². The molecule has 0 bridgehead atoms. The minimum absolute atomic E-state index is 0.0185. The maximum Gasteiger partial charge on any atom is 0.183 e. The minimum Gasteiger partial charge on any atom is -0.394 e. The summed E-state index contributed by atoms with van der Waals surface area (Å²) in [4.78, 5) is 0. The Morgan fingerprint density at radius 3 is 2.80 bits per heavy atom. The van der Waals surface area contributed by atoms with Crippen molar-refractivity contribution < 1.29 is 19.7 Å². The summed E-state index contributed by atoms with van der Waals surface area (Å²) in [6.07, 6.45) is 1.71. The van der Waals surface area contributed by atoms with Crippen molar-refractivity contribution in [2.75, 3.05) is 19.8 Å². The second-order valence-corrected chi connectivity index (χ2v) is 3.82. The largest absolute Gasteiger partial charge is 0.394 e. The summed E-state index contributed by atoms with van der Waals surface area (Å²) in [6.45, 7) is 1.17. The molecule has 1 aliphatic rings. The molecule has 90 valence electrons. The molecular formula is C10H21NO4. The molecule has 0 aromatic heterocycles. The molecule has 3 atom stereocenters. The summed E-state index contributed by atoms with van der Waals surface area (Å²) in [5.41, 5.74) is 5.35. The molecular weight excluding hydrogens is 198 g/mol. The molecule has 5 nitrogen and oxygen atoms in total. The van der Waals surface area contributed by atoms with Crippen molar-refractivity contribution in [2.45, 2.75) is 44.2 Å². The van der Waals surface area contributed by atoms with Crippen LogP contribution in [0.3, 0.4) is 0 Å². The fourth-order valence-corrected chi connectivity index (χ4v) is 1.57. The Morgan fingerprint density at radius 2 is 2.13 bits per heavy atom. The molecule has 1 aliphatic heterocycles. The summed E-state index contributed by atoms with van der Waals surface area (Å²) < 4.78 is 10.8. The van der Waals surface area contributed by atoms with Crippen molar-refractivity contribution in [3.8, 4) is 0 Å². The average Bonchev–Trinajstić information content (AvgIpc) is 2.26. The van der Waals surface area contributed by atoms with E-state index in [-0.39, 0.29) is 12.7 Å². The van der Waals surface area contributed by atoms with Gasteiger partial charge in [0.1, 0.15) is 6.10 Å². The molecule has 0 spiro atoms. The zero-order valence-corrected chi connectivity index (χ0v) is 8.97. The number of rotatable bonds is 6. The van der Waals surface area contributed by atoms with Gasteiger partial charge in [0, 0.05) is 6.61 Å². The minimum atomic E-state index is -0.589. The monoisotopic (exact) mass is 219 g/mol. The first-order chi connectivity index (χ1) is 7.27. The van der Waals surface area contributed by atoms with E-state index in [1.54, 1.807) is 0 Å². The van der Waals surface area contributed by atoms with E-state index in [4.69, 9.17) is 20.3 Å². The second kappa shape index (κ2) is 7.14. The molecule has 0 aromatic carbocycles. The Hall–Kier alpha value is -0.200. The summed E-state index contributed by atoms with van der Waals surface area (Å²) in [5.74, 6) is 0. The lowest BCUT2D eigenvalue weighted by atomic mass is 10.1. The summed E-state index contributed by atoms with van der Waals surface area (Å²) in [5, 5.41) is 18.5. The smallest absolute Gasteiger partial charge is 0.183 e. The van der Waals surface area contributed by atoms with Gasteiger partial charge < -0.3 is 25.4 Å².